The van der Waals surface area contributed by atoms with Crippen molar-refractivity contribution in [2.45, 2.75) is 68.9 Å². The molecule has 51 heavy (non-hydrogen) atoms. The third kappa shape index (κ3) is 8.15. The molecule has 4 heterocycles. The average Bonchev–Trinajstić information content (AvgIpc) is 3.52. The SMILES string of the molecule is CC(ON=C(C(=O)NC1C(=O)N(OS(=O)(=O)O)C1(C)C)c1csc(N)n1)(C(=O)O)C1CCc2cc(C3CN=C(NCC(O)CN)NC3)ccc2O1. The maximum absolute atomic E-state index is 13.5. The maximum atomic E-state index is 13.5. The van der Waals surface area contributed by atoms with Crippen LogP contribution in [0.1, 0.15) is 49.9 Å². The Kier molecular flexibility index (Phi) is 10.7. The second-order valence-corrected chi connectivity index (χ2v) is 14.7. The molecular formula is C29H39N9O11S2. The number of ether oxygens (including phenoxy) is 1. The van der Waals surface area contributed by atoms with Gasteiger partial charge in [0.25, 0.3) is 17.4 Å². The Hall–Kier alpha value is -4.61. The van der Waals surface area contributed by atoms with E-state index < -0.39 is 63.3 Å². The molecule has 1 aromatic carbocycles. The number of carbonyl (C=O) groups is 3. The van der Waals surface area contributed by atoms with Crippen molar-refractivity contribution >= 4 is 56.3 Å². The first-order chi connectivity index (χ1) is 23.9. The fourth-order valence-corrected chi connectivity index (χ4v) is 6.63. The number of hydroxylamine groups is 2. The molecule has 5 unspecified atom stereocenters. The van der Waals surface area contributed by atoms with Crippen LogP contribution in [0.2, 0.25) is 0 Å². The molecule has 22 heteroatoms. The number of benzene rings is 1. The molecule has 3 aliphatic rings. The van der Waals surface area contributed by atoms with Gasteiger partial charge in [-0.2, -0.15) is 13.5 Å². The fraction of sp³-hybridized carbons (Fsp3) is 0.517. The number of anilines is 1. The van der Waals surface area contributed by atoms with Crippen LogP contribution in [0, 0.1) is 0 Å². The van der Waals surface area contributed by atoms with E-state index in [1.54, 1.807) is 6.07 Å². The third-order valence-electron chi connectivity index (χ3n) is 8.73. The van der Waals surface area contributed by atoms with Crippen molar-refractivity contribution in [3.8, 4) is 5.75 Å². The monoisotopic (exact) mass is 753 g/mol. The zero-order valence-corrected chi connectivity index (χ0v) is 29.4. The van der Waals surface area contributed by atoms with Gasteiger partial charge in [-0.15, -0.1) is 15.6 Å². The summed E-state index contributed by atoms with van der Waals surface area (Å²) in [5, 5.41) is 34.3. The van der Waals surface area contributed by atoms with Gasteiger partial charge in [0.15, 0.2) is 22.9 Å². The lowest BCUT2D eigenvalue weighted by Crippen LogP contribution is -2.76. The highest BCUT2D eigenvalue weighted by molar-refractivity contribution is 7.80. The number of β-lactam (4-membered cyclic amide) rings is 1. The summed E-state index contributed by atoms with van der Waals surface area (Å²) in [6.07, 6.45) is -1.08. The van der Waals surface area contributed by atoms with Gasteiger partial charge in [0.2, 0.25) is 0 Å². The summed E-state index contributed by atoms with van der Waals surface area (Å²) >= 11 is 0.963. The molecule has 5 atom stereocenters. The van der Waals surface area contributed by atoms with Gasteiger partial charge in [-0.1, -0.05) is 17.3 Å². The van der Waals surface area contributed by atoms with Crippen molar-refractivity contribution in [1.82, 2.24) is 26.0 Å². The predicted molar refractivity (Wildman–Crippen MR) is 181 cm³/mol. The molecule has 20 nitrogen and oxygen atoms in total. The normalized spacial score (nSPS) is 23.3. The molecule has 5 rings (SSSR count). The molecule has 1 aromatic heterocycles. The molecule has 278 valence electrons. The summed E-state index contributed by atoms with van der Waals surface area (Å²) in [5.74, 6) is -2.36. The number of aliphatic hydroxyl groups is 1. The largest absolute Gasteiger partial charge is 0.485 e. The number of thiazole rings is 1. The van der Waals surface area contributed by atoms with Crippen LogP contribution in [0.15, 0.2) is 33.7 Å². The number of carbonyl (C=O) groups excluding carboxylic acids is 2. The lowest BCUT2D eigenvalue weighted by Gasteiger charge is -2.50. The smallest absolute Gasteiger partial charge is 0.418 e. The number of carboxylic acids is 1. The number of oxime groups is 1. The number of aliphatic imine (C=N–C) groups is 1. The predicted octanol–water partition coefficient (Wildman–Crippen LogP) is -1.52. The minimum Gasteiger partial charge on any atom is -0.485 e. The van der Waals surface area contributed by atoms with E-state index in [0.717, 1.165) is 22.5 Å². The Morgan fingerprint density at radius 2 is 2.10 bits per heavy atom. The van der Waals surface area contributed by atoms with E-state index in [0.29, 0.717) is 36.3 Å². The standard InChI is InChI=1S/C29H39N9O11S2/c1-28(2)22(24(41)38(28)49-51(44,45)46)36-23(40)21(18-13-50-26(31)35-18)37-48-29(3,25(42)43)20-7-5-15-8-14(4-6-19(15)47-20)16-10-32-27(33-11-16)34-12-17(39)9-30/h4,6,8,13,16-17,20,22,39H,5,7,9-12,30H2,1-3H3,(H2,31,35)(H,36,40)(H,42,43)(H2,32,33,34)(H,44,45,46). The Bertz CT molecular complexity index is 1850. The molecule has 0 saturated carbocycles. The number of aromatic nitrogens is 1. The second kappa shape index (κ2) is 14.6. The number of nitrogens with zero attached hydrogens (tertiary/aromatic N) is 4. The Balaban J connectivity index is 1.30. The molecular weight excluding hydrogens is 715 g/mol. The van der Waals surface area contributed by atoms with Crippen LogP contribution in [0.5, 0.6) is 5.75 Å². The minimum absolute atomic E-state index is 0.0566. The van der Waals surface area contributed by atoms with Crippen LogP contribution in [0.4, 0.5) is 5.13 Å². The first-order valence-electron chi connectivity index (χ1n) is 15.7. The number of hydrogen-bond donors (Lipinski definition) is 8. The van der Waals surface area contributed by atoms with E-state index in [9.17, 15) is 33.0 Å². The number of nitrogens with two attached hydrogens (primary N) is 2. The first kappa shape index (κ1) is 37.6. The van der Waals surface area contributed by atoms with Gasteiger partial charge < -0.3 is 47.2 Å². The topological polar surface area (TPSA) is 303 Å². The number of carboxylic acid groups (broad SMARTS) is 1. The number of aliphatic hydroxyl groups excluding tert-OH is 1. The van der Waals surface area contributed by atoms with Crippen LogP contribution in [0.3, 0.4) is 0 Å². The van der Waals surface area contributed by atoms with Crippen molar-refractivity contribution < 1.29 is 51.4 Å². The molecule has 0 bridgehead atoms. The Morgan fingerprint density at radius 1 is 1.35 bits per heavy atom. The number of nitrogen functional groups attached to an aromatic ring is 1. The summed E-state index contributed by atoms with van der Waals surface area (Å²) in [6.45, 7) is 5.50. The van der Waals surface area contributed by atoms with E-state index in [1.807, 2.05) is 12.1 Å². The van der Waals surface area contributed by atoms with E-state index >= 15 is 0 Å². The summed E-state index contributed by atoms with van der Waals surface area (Å²) in [6, 6.07) is 4.27. The van der Waals surface area contributed by atoms with Crippen LogP contribution < -0.4 is 32.2 Å². The van der Waals surface area contributed by atoms with E-state index in [2.05, 4.69) is 35.4 Å². The number of aryl methyl sites for hydroxylation is 1. The van der Waals surface area contributed by atoms with Gasteiger partial charge in [0.05, 0.1) is 18.2 Å². The first-order valence-corrected chi connectivity index (χ1v) is 17.9. The Morgan fingerprint density at radius 3 is 2.69 bits per heavy atom. The van der Waals surface area contributed by atoms with Crippen LogP contribution in [-0.2, 0) is 40.3 Å². The van der Waals surface area contributed by atoms with Crippen molar-refractivity contribution in [1.29, 1.82) is 0 Å². The highest BCUT2D eigenvalue weighted by atomic mass is 32.3. The van der Waals surface area contributed by atoms with Gasteiger partial charge in [-0.05, 0) is 50.8 Å². The molecule has 0 aliphatic carbocycles. The summed E-state index contributed by atoms with van der Waals surface area (Å²) in [7, 11) is -5.03. The molecule has 2 aromatic rings. The highest BCUT2D eigenvalue weighted by Gasteiger charge is 2.58. The number of guanidine groups is 1. The van der Waals surface area contributed by atoms with Crippen molar-refractivity contribution in [3.05, 3.63) is 40.4 Å². The number of rotatable bonds is 13. The van der Waals surface area contributed by atoms with Crippen molar-refractivity contribution in [2.24, 2.45) is 15.9 Å². The van der Waals surface area contributed by atoms with Gasteiger partial charge in [-0.25, -0.2) is 9.78 Å². The summed E-state index contributed by atoms with van der Waals surface area (Å²) in [4.78, 5) is 52.9. The lowest BCUT2D eigenvalue weighted by atomic mass is 9.84. The van der Waals surface area contributed by atoms with Crippen LogP contribution >= 0.6 is 11.3 Å². The quantitative estimate of drug-likeness (QED) is 0.0498. The van der Waals surface area contributed by atoms with Crippen LogP contribution in [0.25, 0.3) is 0 Å². The molecule has 0 radical (unpaired) electrons. The number of hydrogen-bond acceptors (Lipinski definition) is 17. The third-order valence-corrected chi connectivity index (χ3v) is 9.74. The molecule has 2 amide bonds. The molecule has 10 N–H and O–H groups in total. The van der Waals surface area contributed by atoms with E-state index in [4.69, 9.17) is 25.6 Å². The maximum Gasteiger partial charge on any atom is 0.418 e. The number of aliphatic carboxylic acids is 1. The Labute approximate surface area is 296 Å². The van der Waals surface area contributed by atoms with Gasteiger partial charge in [-0.3, -0.25) is 19.1 Å². The molecule has 0 spiro atoms. The van der Waals surface area contributed by atoms with Crippen molar-refractivity contribution in [2.75, 3.05) is 31.9 Å². The highest BCUT2D eigenvalue weighted by Crippen LogP contribution is 2.36. The average molecular weight is 754 g/mol. The van der Waals surface area contributed by atoms with E-state index in [-0.39, 0.29) is 36.3 Å². The van der Waals surface area contributed by atoms with Gasteiger partial charge in [0, 0.05) is 30.9 Å². The van der Waals surface area contributed by atoms with Crippen molar-refractivity contribution in [3.63, 3.8) is 0 Å². The lowest BCUT2D eigenvalue weighted by molar-refractivity contribution is -0.218. The number of fused-ring (bicyclic) bond motifs is 1. The molecule has 3 aliphatic heterocycles. The van der Waals surface area contributed by atoms with Gasteiger partial charge >= 0.3 is 16.4 Å². The summed E-state index contributed by atoms with van der Waals surface area (Å²) < 4.78 is 41.8. The van der Waals surface area contributed by atoms with Crippen LogP contribution in [-0.4, -0.2) is 118 Å². The fourth-order valence-electron chi connectivity index (χ4n) is 5.63. The zero-order valence-electron chi connectivity index (χ0n) is 27.7. The van der Waals surface area contributed by atoms with E-state index in [1.165, 1.54) is 26.2 Å². The minimum atomic E-state index is -5.03. The molecule has 1 saturated heterocycles. The zero-order chi connectivity index (χ0) is 37.3. The number of nitrogens with one attached hydrogen (secondary N) is 3. The number of amides is 2. The second-order valence-electron chi connectivity index (χ2n) is 12.8. The van der Waals surface area contributed by atoms with Gasteiger partial charge in [0.1, 0.15) is 17.5 Å². The molecule has 1 fully saturated rings. The summed E-state index contributed by atoms with van der Waals surface area (Å²) in [5.41, 5.74) is 8.91.